The molecule has 0 aliphatic carbocycles. The van der Waals surface area contributed by atoms with Gasteiger partial charge in [-0.15, -0.1) is 0 Å². The number of nitrogens with zero attached hydrogens (tertiary/aromatic N) is 2. The third kappa shape index (κ3) is 7.40. The summed E-state index contributed by atoms with van der Waals surface area (Å²) in [7, 11) is 1.35. The summed E-state index contributed by atoms with van der Waals surface area (Å²) in [6.45, 7) is 4.90. The van der Waals surface area contributed by atoms with Gasteiger partial charge in [0.1, 0.15) is 5.75 Å². The third-order valence-corrected chi connectivity index (χ3v) is 5.04. The molecular weight excluding hydrogens is 372 g/mol. The molecule has 2 amide bonds. The first-order valence-corrected chi connectivity index (χ1v) is 10.4. The Morgan fingerprint density at radius 3 is 2.31 bits per heavy atom. The normalized spacial score (nSPS) is 14.3. The minimum Gasteiger partial charge on any atom is -0.494 e. The highest BCUT2D eigenvalue weighted by molar-refractivity contribution is 5.98. The van der Waals surface area contributed by atoms with Gasteiger partial charge >= 0.3 is 6.09 Å². The molecule has 0 radical (unpaired) electrons. The molecule has 0 aromatic heterocycles. The van der Waals surface area contributed by atoms with Crippen LogP contribution in [0.25, 0.3) is 0 Å². The number of carbonyl (C=O) groups excluding carboxylic acids is 3. The molecule has 1 heterocycles. The van der Waals surface area contributed by atoms with Crippen molar-refractivity contribution < 1.29 is 23.9 Å². The number of ether oxygens (including phenoxy) is 2. The van der Waals surface area contributed by atoms with Crippen molar-refractivity contribution in [1.29, 1.82) is 0 Å². The van der Waals surface area contributed by atoms with E-state index in [9.17, 15) is 14.4 Å². The molecule has 160 valence electrons. The number of methoxy groups -OCH3 is 1. The lowest BCUT2D eigenvalue weighted by Gasteiger charge is -2.21. The second-order valence-corrected chi connectivity index (χ2v) is 7.19. The van der Waals surface area contributed by atoms with E-state index < -0.39 is 0 Å². The Balaban J connectivity index is 1.76. The maximum Gasteiger partial charge on any atom is 0.409 e. The number of rotatable bonds is 9. The van der Waals surface area contributed by atoms with Crippen LogP contribution in [-0.2, 0) is 9.53 Å². The summed E-state index contributed by atoms with van der Waals surface area (Å²) >= 11 is 0. The van der Waals surface area contributed by atoms with Crippen molar-refractivity contribution >= 4 is 17.8 Å². The molecule has 1 fully saturated rings. The Labute approximate surface area is 172 Å². The van der Waals surface area contributed by atoms with E-state index in [0.717, 1.165) is 25.0 Å². The van der Waals surface area contributed by atoms with E-state index in [2.05, 4.69) is 6.92 Å². The Kier molecular flexibility index (Phi) is 9.47. The highest BCUT2D eigenvalue weighted by atomic mass is 16.5. The van der Waals surface area contributed by atoms with Crippen LogP contribution >= 0.6 is 0 Å². The molecule has 0 saturated carbocycles. The van der Waals surface area contributed by atoms with Crippen LogP contribution in [0.4, 0.5) is 4.79 Å². The summed E-state index contributed by atoms with van der Waals surface area (Å²) in [5.41, 5.74) is 0.589. The minimum atomic E-state index is -0.368. The summed E-state index contributed by atoms with van der Waals surface area (Å²) in [4.78, 5) is 39.8. The second kappa shape index (κ2) is 12.1. The quantitative estimate of drug-likeness (QED) is 0.465. The fourth-order valence-electron chi connectivity index (χ4n) is 3.28. The van der Waals surface area contributed by atoms with Gasteiger partial charge in [-0.2, -0.15) is 0 Å². The predicted molar refractivity (Wildman–Crippen MR) is 110 cm³/mol. The van der Waals surface area contributed by atoms with Gasteiger partial charge in [0.15, 0.2) is 5.78 Å². The molecule has 0 bridgehead atoms. The van der Waals surface area contributed by atoms with Crippen molar-refractivity contribution in [3.05, 3.63) is 29.8 Å². The lowest BCUT2D eigenvalue weighted by molar-refractivity contribution is -0.131. The van der Waals surface area contributed by atoms with Gasteiger partial charge in [0.25, 0.3) is 0 Å². The zero-order valence-electron chi connectivity index (χ0n) is 17.5. The van der Waals surface area contributed by atoms with Gasteiger partial charge in [-0.25, -0.2) is 4.79 Å². The zero-order valence-corrected chi connectivity index (χ0v) is 17.5. The molecule has 0 spiro atoms. The van der Waals surface area contributed by atoms with Gasteiger partial charge in [0.2, 0.25) is 5.91 Å². The van der Waals surface area contributed by atoms with Crippen molar-refractivity contribution in [2.75, 3.05) is 39.9 Å². The molecule has 7 nitrogen and oxygen atoms in total. The van der Waals surface area contributed by atoms with Crippen LogP contribution in [0.3, 0.4) is 0 Å². The molecule has 1 saturated heterocycles. The van der Waals surface area contributed by atoms with E-state index in [1.807, 2.05) is 0 Å². The molecule has 2 rings (SSSR count). The Bertz CT molecular complexity index is 674. The van der Waals surface area contributed by atoms with Gasteiger partial charge in [0.05, 0.1) is 13.7 Å². The number of benzene rings is 1. The Morgan fingerprint density at radius 1 is 0.931 bits per heavy atom. The van der Waals surface area contributed by atoms with Gasteiger partial charge in [-0.3, -0.25) is 9.59 Å². The fraction of sp³-hybridized carbons (Fsp3) is 0.591. The SMILES string of the molecule is CCCCCOc1ccc(C(=O)CCC(=O)N2CCCN(C(=O)OC)CC2)cc1. The van der Waals surface area contributed by atoms with Gasteiger partial charge in [-0.05, 0) is 37.1 Å². The van der Waals surface area contributed by atoms with Gasteiger partial charge in [0, 0.05) is 44.6 Å². The van der Waals surface area contributed by atoms with Crippen molar-refractivity contribution in [3.63, 3.8) is 0 Å². The van der Waals surface area contributed by atoms with Crippen LogP contribution in [0.2, 0.25) is 0 Å². The second-order valence-electron chi connectivity index (χ2n) is 7.19. The molecule has 1 aromatic carbocycles. The molecular formula is C22H32N2O5. The lowest BCUT2D eigenvalue weighted by Crippen LogP contribution is -2.37. The molecule has 1 aliphatic heterocycles. The molecule has 1 aromatic rings. The van der Waals surface area contributed by atoms with Crippen LogP contribution in [-0.4, -0.2) is 67.5 Å². The molecule has 1 aliphatic rings. The summed E-state index contributed by atoms with van der Waals surface area (Å²) in [6.07, 6.45) is 3.99. The van der Waals surface area contributed by atoms with E-state index in [-0.39, 0.29) is 30.6 Å². The Hall–Kier alpha value is -2.57. The summed E-state index contributed by atoms with van der Waals surface area (Å²) in [6, 6.07) is 7.11. The maximum atomic E-state index is 12.5. The smallest absolute Gasteiger partial charge is 0.409 e. The number of ketones is 1. The summed E-state index contributed by atoms with van der Waals surface area (Å²) < 4.78 is 10.4. The number of amides is 2. The van der Waals surface area contributed by atoms with E-state index in [0.29, 0.717) is 44.8 Å². The molecule has 7 heteroatoms. The maximum absolute atomic E-state index is 12.5. The standard InChI is InChI=1S/C22H32N2O5/c1-3-4-5-17-29-19-9-7-18(8-10-19)20(25)11-12-21(26)23-13-6-14-24(16-15-23)22(27)28-2/h7-10H,3-6,11-17H2,1-2H3. The van der Waals surface area contributed by atoms with E-state index in [4.69, 9.17) is 9.47 Å². The van der Waals surface area contributed by atoms with E-state index in [1.165, 1.54) is 7.11 Å². The number of hydrogen-bond donors (Lipinski definition) is 0. The average molecular weight is 405 g/mol. The van der Waals surface area contributed by atoms with Crippen LogP contribution in [0.5, 0.6) is 5.75 Å². The van der Waals surface area contributed by atoms with E-state index in [1.54, 1.807) is 34.1 Å². The largest absolute Gasteiger partial charge is 0.494 e. The number of hydrogen-bond acceptors (Lipinski definition) is 5. The number of carbonyl (C=O) groups is 3. The number of unbranched alkanes of at least 4 members (excludes halogenated alkanes) is 2. The Morgan fingerprint density at radius 2 is 1.62 bits per heavy atom. The average Bonchev–Trinajstić information content (AvgIpc) is 3.01. The highest BCUT2D eigenvalue weighted by Crippen LogP contribution is 2.15. The highest BCUT2D eigenvalue weighted by Gasteiger charge is 2.22. The number of Topliss-reactive ketones (excluding diaryl/α,β-unsaturated/α-hetero) is 1. The van der Waals surface area contributed by atoms with Crippen molar-refractivity contribution in [2.24, 2.45) is 0 Å². The lowest BCUT2D eigenvalue weighted by atomic mass is 10.1. The van der Waals surface area contributed by atoms with Crippen molar-refractivity contribution in [3.8, 4) is 5.75 Å². The van der Waals surface area contributed by atoms with Crippen LogP contribution in [0.1, 0.15) is 55.8 Å². The summed E-state index contributed by atoms with van der Waals surface area (Å²) in [5, 5.41) is 0. The molecule has 0 N–H and O–H groups in total. The zero-order chi connectivity index (χ0) is 21.1. The third-order valence-electron chi connectivity index (χ3n) is 5.04. The van der Waals surface area contributed by atoms with Crippen molar-refractivity contribution in [2.45, 2.75) is 45.4 Å². The first kappa shape index (κ1) is 22.7. The van der Waals surface area contributed by atoms with Crippen molar-refractivity contribution in [1.82, 2.24) is 9.80 Å². The van der Waals surface area contributed by atoms with Crippen LogP contribution in [0.15, 0.2) is 24.3 Å². The summed E-state index contributed by atoms with van der Waals surface area (Å²) in [5.74, 6) is 0.649. The fourth-order valence-corrected chi connectivity index (χ4v) is 3.28. The topological polar surface area (TPSA) is 76.2 Å². The first-order valence-electron chi connectivity index (χ1n) is 10.4. The van der Waals surface area contributed by atoms with Crippen LogP contribution < -0.4 is 4.74 Å². The van der Waals surface area contributed by atoms with Gasteiger partial charge in [-0.1, -0.05) is 19.8 Å². The molecule has 29 heavy (non-hydrogen) atoms. The monoisotopic (exact) mass is 404 g/mol. The molecule has 0 atom stereocenters. The van der Waals surface area contributed by atoms with Crippen LogP contribution in [0, 0.1) is 0 Å². The van der Waals surface area contributed by atoms with E-state index >= 15 is 0 Å². The molecule has 0 unspecified atom stereocenters. The minimum absolute atomic E-state index is 0.0538. The van der Waals surface area contributed by atoms with Gasteiger partial charge < -0.3 is 19.3 Å². The predicted octanol–water partition coefficient (Wildman–Crippen LogP) is 3.52. The first-order chi connectivity index (χ1) is 14.0.